The SMILES string of the molecule is CCc1cc(C)cc([N-]C(=O)OC(C)(C)C)n1.[Y]. The molecule has 0 saturated carbocycles. The van der Waals surface area contributed by atoms with Crippen molar-refractivity contribution in [1.82, 2.24) is 4.98 Å². The van der Waals surface area contributed by atoms with Gasteiger partial charge in [0.1, 0.15) is 5.60 Å². The average Bonchev–Trinajstić information content (AvgIpc) is 2.13. The summed E-state index contributed by atoms with van der Waals surface area (Å²) in [6, 6.07) is 3.75. The second-order valence-electron chi connectivity index (χ2n) is 4.94. The van der Waals surface area contributed by atoms with E-state index in [4.69, 9.17) is 4.74 Å². The van der Waals surface area contributed by atoms with Crippen LogP contribution in [0.15, 0.2) is 12.1 Å². The summed E-state index contributed by atoms with van der Waals surface area (Å²) < 4.78 is 5.11. The third-order valence-corrected chi connectivity index (χ3v) is 1.97. The first-order valence-corrected chi connectivity index (χ1v) is 5.72. The fourth-order valence-corrected chi connectivity index (χ4v) is 1.34. The first kappa shape index (κ1) is 17.5. The van der Waals surface area contributed by atoms with Crippen molar-refractivity contribution >= 4 is 11.9 Å². The summed E-state index contributed by atoms with van der Waals surface area (Å²) in [5.74, 6) is 0.413. The van der Waals surface area contributed by atoms with E-state index in [9.17, 15) is 4.79 Å². The van der Waals surface area contributed by atoms with Crippen molar-refractivity contribution in [1.29, 1.82) is 0 Å². The third-order valence-electron chi connectivity index (χ3n) is 1.97. The molecule has 1 rings (SSSR count). The first-order valence-electron chi connectivity index (χ1n) is 5.72. The van der Waals surface area contributed by atoms with Crippen LogP contribution in [-0.2, 0) is 43.9 Å². The summed E-state index contributed by atoms with van der Waals surface area (Å²) >= 11 is 0. The van der Waals surface area contributed by atoms with Crippen molar-refractivity contribution in [2.75, 3.05) is 0 Å². The monoisotopic (exact) mass is 324 g/mol. The fourth-order valence-electron chi connectivity index (χ4n) is 1.34. The van der Waals surface area contributed by atoms with Gasteiger partial charge in [-0.25, -0.2) is 0 Å². The van der Waals surface area contributed by atoms with Crippen molar-refractivity contribution in [3.05, 3.63) is 28.7 Å². The van der Waals surface area contributed by atoms with E-state index in [1.807, 2.05) is 40.7 Å². The number of carbonyl (C=O) groups is 1. The van der Waals surface area contributed by atoms with Gasteiger partial charge in [0.25, 0.3) is 0 Å². The first-order chi connectivity index (χ1) is 7.80. The van der Waals surface area contributed by atoms with Gasteiger partial charge in [0, 0.05) is 32.7 Å². The molecule has 0 atom stereocenters. The van der Waals surface area contributed by atoms with Crippen LogP contribution >= 0.6 is 0 Å². The van der Waals surface area contributed by atoms with Crippen LogP contribution in [-0.4, -0.2) is 16.7 Å². The molecular formula is C13H19N2O2Y-. The molecule has 18 heavy (non-hydrogen) atoms. The average molecular weight is 324 g/mol. The van der Waals surface area contributed by atoms with E-state index in [1.54, 1.807) is 6.07 Å². The molecule has 0 spiro atoms. The van der Waals surface area contributed by atoms with E-state index in [0.29, 0.717) is 5.82 Å². The van der Waals surface area contributed by atoms with Crippen molar-refractivity contribution < 1.29 is 42.2 Å². The molecule has 1 radical (unpaired) electrons. The summed E-state index contributed by atoms with van der Waals surface area (Å²) in [6.45, 7) is 9.39. The molecule has 4 nitrogen and oxygen atoms in total. The summed E-state index contributed by atoms with van der Waals surface area (Å²) in [4.78, 5) is 15.8. The number of nitrogens with zero attached hydrogens (tertiary/aromatic N) is 2. The van der Waals surface area contributed by atoms with E-state index in [2.05, 4.69) is 10.3 Å². The predicted octanol–water partition coefficient (Wildman–Crippen LogP) is 3.89. The van der Waals surface area contributed by atoms with Gasteiger partial charge in [-0.05, 0) is 34.1 Å². The van der Waals surface area contributed by atoms with Gasteiger partial charge >= 0.3 is 6.09 Å². The molecule has 0 aliphatic heterocycles. The third kappa shape index (κ3) is 6.45. The second kappa shape index (κ2) is 7.20. The maximum Gasteiger partial charge on any atom is 0.330 e. The molecular weight excluding hydrogens is 305 g/mol. The Hall–Kier alpha value is -0.476. The number of aryl methyl sites for hydroxylation is 2. The number of amides is 1. The van der Waals surface area contributed by atoms with Crippen molar-refractivity contribution in [2.45, 2.75) is 46.6 Å². The Balaban J connectivity index is 0.00000289. The van der Waals surface area contributed by atoms with E-state index < -0.39 is 11.7 Å². The molecule has 1 amide bonds. The molecule has 0 aliphatic carbocycles. The molecule has 1 heterocycles. The van der Waals surface area contributed by atoms with Crippen molar-refractivity contribution in [3.8, 4) is 0 Å². The summed E-state index contributed by atoms with van der Waals surface area (Å²) in [5.41, 5.74) is 1.43. The van der Waals surface area contributed by atoms with Gasteiger partial charge in [0.2, 0.25) is 0 Å². The van der Waals surface area contributed by atoms with Gasteiger partial charge in [-0.1, -0.05) is 36.1 Å². The Bertz CT molecular complexity index is 414. The zero-order valence-corrected chi connectivity index (χ0v) is 14.5. The number of carbonyl (C=O) groups excluding carboxylic acids is 1. The topological polar surface area (TPSA) is 53.3 Å². The van der Waals surface area contributed by atoms with Crippen molar-refractivity contribution in [2.24, 2.45) is 0 Å². The van der Waals surface area contributed by atoms with E-state index in [-0.39, 0.29) is 32.7 Å². The predicted molar refractivity (Wildman–Crippen MR) is 67.6 cm³/mol. The van der Waals surface area contributed by atoms with Crippen LogP contribution in [0.4, 0.5) is 10.6 Å². The number of ether oxygens (including phenoxy) is 1. The Morgan fingerprint density at radius 3 is 2.50 bits per heavy atom. The maximum atomic E-state index is 11.5. The van der Waals surface area contributed by atoms with Crippen LogP contribution in [0.1, 0.15) is 39.0 Å². The summed E-state index contributed by atoms with van der Waals surface area (Å²) in [7, 11) is 0. The molecule has 0 aromatic carbocycles. The number of aromatic nitrogens is 1. The minimum Gasteiger partial charge on any atom is -0.459 e. The number of hydrogen-bond acceptors (Lipinski definition) is 3. The quantitative estimate of drug-likeness (QED) is 0.829. The van der Waals surface area contributed by atoms with Crippen LogP contribution in [0.2, 0.25) is 0 Å². The molecule has 1 aromatic heterocycles. The molecule has 0 N–H and O–H groups in total. The Morgan fingerprint density at radius 1 is 1.39 bits per heavy atom. The zero-order valence-electron chi connectivity index (χ0n) is 11.7. The smallest absolute Gasteiger partial charge is 0.330 e. The maximum absolute atomic E-state index is 11.5. The Labute approximate surface area is 134 Å². The van der Waals surface area contributed by atoms with E-state index >= 15 is 0 Å². The molecule has 0 unspecified atom stereocenters. The van der Waals surface area contributed by atoms with Crippen LogP contribution in [0.25, 0.3) is 5.32 Å². The number of pyridine rings is 1. The van der Waals surface area contributed by atoms with Gasteiger partial charge in [-0.3, -0.25) is 4.79 Å². The van der Waals surface area contributed by atoms with Gasteiger partial charge < -0.3 is 15.0 Å². The van der Waals surface area contributed by atoms with Crippen LogP contribution < -0.4 is 0 Å². The minimum absolute atomic E-state index is 0. The largest absolute Gasteiger partial charge is 0.459 e. The number of hydrogen-bond donors (Lipinski definition) is 0. The second-order valence-corrected chi connectivity index (χ2v) is 4.94. The fraction of sp³-hybridized carbons (Fsp3) is 0.538. The molecule has 0 bridgehead atoms. The van der Waals surface area contributed by atoms with Gasteiger partial charge in [0.15, 0.2) is 0 Å². The molecule has 5 heteroatoms. The summed E-state index contributed by atoms with van der Waals surface area (Å²) in [6.07, 6.45) is 0.219. The van der Waals surface area contributed by atoms with Gasteiger partial charge in [-0.15, -0.1) is 0 Å². The van der Waals surface area contributed by atoms with Crippen molar-refractivity contribution in [3.63, 3.8) is 0 Å². The van der Waals surface area contributed by atoms with Crippen LogP contribution in [0.5, 0.6) is 0 Å². The van der Waals surface area contributed by atoms with Gasteiger partial charge in [-0.2, -0.15) is 0 Å². The van der Waals surface area contributed by atoms with E-state index in [0.717, 1.165) is 17.7 Å². The molecule has 1 aromatic rings. The standard InChI is InChI=1S/C13H20N2O2.Y/c1-6-10-7-9(2)8-11(14-10)15-12(16)17-13(3,4)5;/h7-8H,6H2,1-5H3,(H,14,15,16);/p-1. The molecule has 0 fully saturated rings. The van der Waals surface area contributed by atoms with Crippen LogP contribution in [0.3, 0.4) is 0 Å². The van der Waals surface area contributed by atoms with E-state index in [1.165, 1.54) is 0 Å². The molecule has 0 saturated heterocycles. The Morgan fingerprint density at radius 2 is 2.00 bits per heavy atom. The minimum atomic E-state index is -0.599. The van der Waals surface area contributed by atoms with Crippen LogP contribution in [0, 0.1) is 6.92 Å². The normalized spacial score (nSPS) is 10.5. The summed E-state index contributed by atoms with van der Waals surface area (Å²) in [5, 5.41) is 3.84. The van der Waals surface area contributed by atoms with Gasteiger partial charge in [0.05, 0.1) is 0 Å². The number of rotatable bonds is 2. The molecule has 0 aliphatic rings. The molecule has 97 valence electrons. The Kier molecular flexibility index (Phi) is 7.01. The zero-order chi connectivity index (χ0) is 13.1.